The zero-order valence-corrected chi connectivity index (χ0v) is 20.5. The van der Waals surface area contributed by atoms with E-state index in [0.717, 1.165) is 46.9 Å². The van der Waals surface area contributed by atoms with Gasteiger partial charge in [-0.3, -0.25) is 9.36 Å². The van der Waals surface area contributed by atoms with E-state index in [-0.39, 0.29) is 11.7 Å². The van der Waals surface area contributed by atoms with Crippen LogP contribution in [0.1, 0.15) is 17.7 Å². The van der Waals surface area contributed by atoms with Gasteiger partial charge in [0.2, 0.25) is 5.91 Å². The van der Waals surface area contributed by atoms with Gasteiger partial charge in [-0.1, -0.05) is 23.9 Å². The van der Waals surface area contributed by atoms with E-state index in [1.807, 2.05) is 64.1 Å². The molecule has 4 aromatic rings. The molecule has 0 N–H and O–H groups in total. The topological polar surface area (TPSA) is 82.6 Å². The lowest BCUT2D eigenvalue weighted by molar-refractivity contribution is -0.116. The fraction of sp³-hybridized carbons (Fsp3) is 0.269. The zero-order chi connectivity index (χ0) is 24.2. The summed E-state index contributed by atoms with van der Waals surface area (Å²) in [5.74, 6) is 3.30. The van der Waals surface area contributed by atoms with Gasteiger partial charge in [0.1, 0.15) is 17.3 Å². The van der Waals surface area contributed by atoms with Crippen LogP contribution in [0, 0.1) is 0 Å². The molecule has 3 heterocycles. The van der Waals surface area contributed by atoms with Crippen molar-refractivity contribution in [3.63, 3.8) is 0 Å². The van der Waals surface area contributed by atoms with Gasteiger partial charge in [0.05, 0.1) is 32.8 Å². The van der Waals surface area contributed by atoms with Crippen LogP contribution in [0.2, 0.25) is 0 Å². The average Bonchev–Trinajstić information content (AvgIpc) is 3.57. The molecule has 180 valence electrons. The molecule has 0 aliphatic carbocycles. The number of nitrogens with zero attached hydrogens (tertiary/aromatic N) is 4. The first-order chi connectivity index (χ1) is 17.2. The number of anilines is 1. The van der Waals surface area contributed by atoms with Crippen molar-refractivity contribution in [2.24, 2.45) is 0 Å². The Kier molecular flexibility index (Phi) is 6.76. The Morgan fingerprint density at radius 1 is 1.06 bits per heavy atom. The maximum Gasteiger partial charge on any atom is 0.237 e. The highest BCUT2D eigenvalue weighted by molar-refractivity contribution is 7.99. The maximum absolute atomic E-state index is 13.3. The summed E-state index contributed by atoms with van der Waals surface area (Å²) < 4.78 is 18.3. The van der Waals surface area contributed by atoms with Gasteiger partial charge in [-0.15, -0.1) is 10.2 Å². The lowest BCUT2D eigenvalue weighted by Gasteiger charge is -2.29. The summed E-state index contributed by atoms with van der Waals surface area (Å²) in [5, 5.41) is 9.52. The summed E-state index contributed by atoms with van der Waals surface area (Å²) in [6.07, 6.45) is 3.50. The largest absolute Gasteiger partial charge is 0.497 e. The van der Waals surface area contributed by atoms with Gasteiger partial charge in [0.25, 0.3) is 0 Å². The molecule has 0 bridgehead atoms. The Morgan fingerprint density at radius 3 is 2.71 bits per heavy atom. The van der Waals surface area contributed by atoms with Crippen molar-refractivity contribution < 1.29 is 18.7 Å². The highest BCUT2D eigenvalue weighted by atomic mass is 32.2. The zero-order valence-electron chi connectivity index (χ0n) is 19.6. The van der Waals surface area contributed by atoms with Crippen LogP contribution in [0.5, 0.6) is 11.5 Å². The summed E-state index contributed by atoms with van der Waals surface area (Å²) in [7, 11) is 3.29. The van der Waals surface area contributed by atoms with Crippen LogP contribution in [0.4, 0.5) is 5.69 Å². The summed E-state index contributed by atoms with van der Waals surface area (Å²) >= 11 is 1.38. The number of thioether (sulfide) groups is 1. The number of carbonyl (C=O) groups is 1. The molecule has 5 rings (SSSR count). The van der Waals surface area contributed by atoms with E-state index in [1.54, 1.807) is 20.5 Å². The van der Waals surface area contributed by atoms with Crippen molar-refractivity contribution in [2.45, 2.75) is 24.5 Å². The monoisotopic (exact) mass is 490 g/mol. The Bertz CT molecular complexity index is 1320. The predicted molar refractivity (Wildman–Crippen MR) is 134 cm³/mol. The number of carbonyl (C=O) groups excluding carboxylic acids is 1. The molecule has 35 heavy (non-hydrogen) atoms. The molecule has 0 spiro atoms. The lowest BCUT2D eigenvalue weighted by Crippen LogP contribution is -2.36. The summed E-state index contributed by atoms with van der Waals surface area (Å²) in [6.45, 7) is 1.16. The van der Waals surface area contributed by atoms with E-state index in [2.05, 4.69) is 10.2 Å². The normalized spacial score (nSPS) is 12.9. The number of hydrogen-bond acceptors (Lipinski definition) is 7. The molecule has 0 atom stereocenters. The van der Waals surface area contributed by atoms with Gasteiger partial charge in [0, 0.05) is 17.8 Å². The molecule has 0 unspecified atom stereocenters. The first kappa shape index (κ1) is 23.0. The fourth-order valence-corrected chi connectivity index (χ4v) is 5.05. The van der Waals surface area contributed by atoms with Crippen molar-refractivity contribution in [1.82, 2.24) is 14.8 Å². The molecule has 2 aromatic heterocycles. The highest BCUT2D eigenvalue weighted by Gasteiger charge is 2.24. The predicted octanol–water partition coefficient (Wildman–Crippen LogP) is 4.68. The quantitative estimate of drug-likeness (QED) is 0.332. The van der Waals surface area contributed by atoms with Gasteiger partial charge < -0.3 is 18.8 Å². The Labute approximate surface area is 207 Å². The number of amides is 1. The average molecular weight is 491 g/mol. The van der Waals surface area contributed by atoms with Crippen LogP contribution >= 0.6 is 11.8 Å². The van der Waals surface area contributed by atoms with E-state index in [4.69, 9.17) is 13.9 Å². The first-order valence-corrected chi connectivity index (χ1v) is 12.3. The van der Waals surface area contributed by atoms with Gasteiger partial charge >= 0.3 is 0 Å². The van der Waals surface area contributed by atoms with Crippen molar-refractivity contribution in [2.75, 3.05) is 31.4 Å². The van der Waals surface area contributed by atoms with Gasteiger partial charge in [-0.25, -0.2) is 0 Å². The number of rotatable bonds is 8. The van der Waals surface area contributed by atoms with Crippen molar-refractivity contribution in [3.05, 3.63) is 72.2 Å². The van der Waals surface area contributed by atoms with Crippen molar-refractivity contribution in [1.29, 1.82) is 0 Å². The van der Waals surface area contributed by atoms with Crippen LogP contribution in [0.3, 0.4) is 0 Å². The summed E-state index contributed by atoms with van der Waals surface area (Å²) in [5.41, 5.74) is 2.97. The minimum atomic E-state index is 0.0385. The van der Waals surface area contributed by atoms with E-state index in [0.29, 0.717) is 24.1 Å². The van der Waals surface area contributed by atoms with Crippen LogP contribution in [0.25, 0.3) is 11.4 Å². The van der Waals surface area contributed by atoms with Gasteiger partial charge in [-0.05, 0) is 60.9 Å². The SMILES string of the molecule is COc1cccc(-c2nnc(SCC(=O)N3CCCc4cc(OC)ccc43)n2Cc2ccco2)c1. The van der Waals surface area contributed by atoms with Gasteiger partial charge in [0.15, 0.2) is 11.0 Å². The molecular formula is C26H26N4O4S. The molecule has 1 amide bonds. The standard InChI is InChI=1S/C26H26N4O4S/c1-32-20-8-3-6-19(15-20)25-27-28-26(30(25)16-22-9-5-13-34-22)35-17-24(31)29-12-4-7-18-14-21(33-2)10-11-23(18)29/h3,5-6,8-11,13-15H,4,7,12,16-17H2,1-2H3. The second-order valence-corrected chi connectivity index (χ2v) is 9.08. The van der Waals surface area contributed by atoms with Crippen LogP contribution < -0.4 is 14.4 Å². The highest BCUT2D eigenvalue weighted by Crippen LogP contribution is 2.32. The number of hydrogen-bond donors (Lipinski definition) is 0. The Hall–Kier alpha value is -3.72. The molecule has 1 aliphatic heterocycles. The second kappa shape index (κ2) is 10.3. The molecule has 1 aliphatic rings. The third-order valence-electron chi connectivity index (χ3n) is 5.97. The molecule has 0 saturated heterocycles. The molecule has 2 aromatic carbocycles. The smallest absolute Gasteiger partial charge is 0.237 e. The third kappa shape index (κ3) is 4.90. The van der Waals surface area contributed by atoms with Crippen molar-refractivity contribution in [3.8, 4) is 22.9 Å². The van der Waals surface area contributed by atoms with Crippen LogP contribution in [-0.2, 0) is 17.8 Å². The number of fused-ring (bicyclic) bond motifs is 1. The number of methoxy groups -OCH3 is 2. The number of ether oxygens (including phenoxy) is 2. The number of furan rings is 1. The van der Waals surface area contributed by atoms with E-state index in [1.165, 1.54) is 11.8 Å². The molecular weight excluding hydrogens is 464 g/mol. The van der Waals surface area contributed by atoms with Crippen LogP contribution in [0.15, 0.2) is 70.4 Å². The fourth-order valence-electron chi connectivity index (χ4n) is 4.24. The number of aryl methyl sites for hydroxylation is 1. The molecule has 8 nitrogen and oxygen atoms in total. The summed E-state index contributed by atoms with van der Waals surface area (Å²) in [6, 6.07) is 17.3. The Balaban J connectivity index is 1.39. The van der Waals surface area contributed by atoms with Crippen LogP contribution in [-0.4, -0.2) is 47.2 Å². The minimum absolute atomic E-state index is 0.0385. The van der Waals surface area contributed by atoms with E-state index >= 15 is 0 Å². The molecule has 9 heteroatoms. The lowest BCUT2D eigenvalue weighted by atomic mass is 10.0. The van der Waals surface area contributed by atoms with Gasteiger partial charge in [-0.2, -0.15) is 0 Å². The molecule has 0 radical (unpaired) electrons. The van der Waals surface area contributed by atoms with E-state index in [9.17, 15) is 4.79 Å². The minimum Gasteiger partial charge on any atom is -0.497 e. The summed E-state index contributed by atoms with van der Waals surface area (Å²) in [4.78, 5) is 15.1. The maximum atomic E-state index is 13.3. The first-order valence-electron chi connectivity index (χ1n) is 11.4. The number of benzene rings is 2. The molecule has 0 fully saturated rings. The number of aromatic nitrogens is 3. The second-order valence-electron chi connectivity index (χ2n) is 8.14. The molecule has 0 saturated carbocycles. The Morgan fingerprint density at radius 2 is 1.91 bits per heavy atom. The third-order valence-corrected chi connectivity index (χ3v) is 6.92. The van der Waals surface area contributed by atoms with E-state index < -0.39 is 0 Å². The van der Waals surface area contributed by atoms with Crippen molar-refractivity contribution >= 4 is 23.4 Å².